The number of nitrogens with zero attached hydrogens (tertiary/aromatic N) is 1. The fourth-order valence-corrected chi connectivity index (χ4v) is 3.01. The van der Waals surface area contributed by atoms with Crippen molar-refractivity contribution >= 4 is 22.1 Å². The lowest BCUT2D eigenvalue weighted by Crippen LogP contribution is -2.46. The van der Waals surface area contributed by atoms with Crippen molar-refractivity contribution in [2.75, 3.05) is 12.3 Å². The number of amides is 1. The minimum atomic E-state index is -4.62. The number of carboxylic acids is 1. The molecule has 0 bridgehead atoms. The molecule has 6 nitrogen and oxygen atoms in total. The molecular weight excluding hydrogens is 265 g/mol. The summed E-state index contributed by atoms with van der Waals surface area (Å²) in [4.78, 5) is 23.7. The number of halogens is 1. The van der Waals surface area contributed by atoms with Crippen LogP contribution in [0.15, 0.2) is 0 Å². The molecule has 18 heavy (non-hydrogen) atoms. The van der Waals surface area contributed by atoms with Gasteiger partial charge in [-0.3, -0.25) is 9.59 Å². The highest BCUT2D eigenvalue weighted by Crippen LogP contribution is 2.29. The zero-order chi connectivity index (χ0) is 14.1. The number of hydrogen-bond donors (Lipinski definition) is 1. The maximum atomic E-state index is 12.5. The molecule has 1 aliphatic heterocycles. The smallest absolute Gasteiger partial charge is 0.305 e. The third-order valence-corrected chi connectivity index (χ3v) is 3.82. The van der Waals surface area contributed by atoms with Crippen LogP contribution in [0.5, 0.6) is 0 Å². The second-order valence-electron chi connectivity index (χ2n) is 5.16. The van der Waals surface area contributed by atoms with E-state index in [9.17, 15) is 21.9 Å². The number of carbonyl (C=O) groups is 2. The van der Waals surface area contributed by atoms with E-state index in [1.54, 1.807) is 13.8 Å². The van der Waals surface area contributed by atoms with Crippen molar-refractivity contribution < 1.29 is 27.0 Å². The van der Waals surface area contributed by atoms with E-state index in [0.29, 0.717) is 0 Å². The molecule has 0 aromatic carbocycles. The van der Waals surface area contributed by atoms with Gasteiger partial charge in [0, 0.05) is 24.4 Å². The highest BCUT2D eigenvalue weighted by molar-refractivity contribution is 7.86. The summed E-state index contributed by atoms with van der Waals surface area (Å²) in [5.41, 5.74) is -0.905. The Kier molecular flexibility index (Phi) is 3.99. The lowest BCUT2D eigenvalue weighted by atomic mass is 9.98. The molecule has 1 fully saturated rings. The van der Waals surface area contributed by atoms with Crippen molar-refractivity contribution in [3.63, 3.8) is 0 Å². The quantitative estimate of drug-likeness (QED) is 0.736. The monoisotopic (exact) mass is 281 g/mol. The van der Waals surface area contributed by atoms with Crippen LogP contribution in [0.1, 0.15) is 26.7 Å². The van der Waals surface area contributed by atoms with Gasteiger partial charge in [0.05, 0.1) is 12.2 Å². The molecule has 104 valence electrons. The van der Waals surface area contributed by atoms with Crippen LogP contribution in [0.4, 0.5) is 3.89 Å². The SMILES string of the molecule is CC(C)(CC(=O)O)N1CC(CS(=O)(=O)F)CC1=O. The molecule has 1 rings (SSSR count). The van der Waals surface area contributed by atoms with Gasteiger partial charge in [0.25, 0.3) is 0 Å². The molecule has 0 aromatic heterocycles. The fourth-order valence-electron chi connectivity index (χ4n) is 2.23. The van der Waals surface area contributed by atoms with Crippen LogP contribution in [0.3, 0.4) is 0 Å². The van der Waals surface area contributed by atoms with Gasteiger partial charge >= 0.3 is 16.2 Å². The summed E-state index contributed by atoms with van der Waals surface area (Å²) in [5.74, 6) is -2.69. The first-order chi connectivity index (χ1) is 8.01. The molecule has 0 spiro atoms. The Morgan fingerprint density at radius 1 is 1.56 bits per heavy atom. The molecule has 0 aromatic rings. The molecule has 0 aliphatic carbocycles. The number of carbonyl (C=O) groups excluding carboxylic acids is 1. The average Bonchev–Trinajstić information content (AvgIpc) is 2.41. The van der Waals surface area contributed by atoms with E-state index in [0.717, 1.165) is 0 Å². The average molecular weight is 281 g/mol. The maximum Gasteiger partial charge on any atom is 0.305 e. The lowest BCUT2D eigenvalue weighted by molar-refractivity contribution is -0.142. The molecule has 1 N–H and O–H groups in total. The second-order valence-corrected chi connectivity index (χ2v) is 6.57. The molecule has 0 radical (unpaired) electrons. The van der Waals surface area contributed by atoms with Gasteiger partial charge in [0.1, 0.15) is 0 Å². The van der Waals surface area contributed by atoms with Crippen molar-refractivity contribution in [1.82, 2.24) is 4.90 Å². The van der Waals surface area contributed by atoms with Crippen LogP contribution in [0, 0.1) is 5.92 Å². The highest BCUT2D eigenvalue weighted by Gasteiger charge is 2.41. The van der Waals surface area contributed by atoms with Gasteiger partial charge in [-0.05, 0) is 13.8 Å². The Balaban J connectivity index is 2.76. The van der Waals surface area contributed by atoms with Gasteiger partial charge in [-0.15, -0.1) is 3.89 Å². The molecule has 1 amide bonds. The number of carboxylic acid groups (broad SMARTS) is 1. The van der Waals surface area contributed by atoms with Crippen LogP contribution in [-0.4, -0.2) is 48.1 Å². The van der Waals surface area contributed by atoms with Crippen LogP contribution in [0.25, 0.3) is 0 Å². The Morgan fingerprint density at radius 2 is 2.11 bits per heavy atom. The maximum absolute atomic E-state index is 12.5. The molecular formula is C10H16FNO5S. The topological polar surface area (TPSA) is 91.8 Å². The van der Waals surface area contributed by atoms with Crippen molar-refractivity contribution in [2.45, 2.75) is 32.2 Å². The van der Waals surface area contributed by atoms with Crippen molar-refractivity contribution in [1.29, 1.82) is 0 Å². The number of rotatable bonds is 5. The highest BCUT2D eigenvalue weighted by atomic mass is 32.3. The number of likely N-dealkylation sites (tertiary alicyclic amines) is 1. The zero-order valence-electron chi connectivity index (χ0n) is 10.2. The van der Waals surface area contributed by atoms with E-state index in [1.165, 1.54) is 4.90 Å². The van der Waals surface area contributed by atoms with Crippen LogP contribution in [0.2, 0.25) is 0 Å². The molecule has 0 saturated carbocycles. The van der Waals surface area contributed by atoms with Gasteiger partial charge in [-0.1, -0.05) is 0 Å². The Morgan fingerprint density at radius 3 is 2.56 bits per heavy atom. The molecule has 1 unspecified atom stereocenters. The lowest BCUT2D eigenvalue weighted by Gasteiger charge is -2.34. The summed E-state index contributed by atoms with van der Waals surface area (Å²) < 4.78 is 33.6. The third kappa shape index (κ3) is 3.94. The van der Waals surface area contributed by atoms with Gasteiger partial charge in [-0.25, -0.2) is 0 Å². The van der Waals surface area contributed by atoms with E-state index in [-0.39, 0.29) is 25.3 Å². The first-order valence-electron chi connectivity index (χ1n) is 5.46. The Labute approximate surface area is 105 Å². The second kappa shape index (κ2) is 4.83. The van der Waals surface area contributed by atoms with E-state index in [1.807, 2.05) is 0 Å². The molecule has 1 aliphatic rings. The first-order valence-corrected chi connectivity index (χ1v) is 7.01. The van der Waals surface area contributed by atoms with Crippen molar-refractivity contribution in [2.24, 2.45) is 5.92 Å². The molecule has 1 atom stereocenters. The van der Waals surface area contributed by atoms with Gasteiger partial charge in [0.15, 0.2) is 0 Å². The minimum Gasteiger partial charge on any atom is -0.481 e. The number of hydrogen-bond acceptors (Lipinski definition) is 4. The summed E-state index contributed by atoms with van der Waals surface area (Å²) in [7, 11) is -4.62. The van der Waals surface area contributed by atoms with E-state index in [4.69, 9.17) is 5.11 Å². The number of aliphatic carboxylic acids is 1. The summed E-state index contributed by atoms with van der Waals surface area (Å²) in [5, 5.41) is 8.75. The minimum absolute atomic E-state index is 0.0633. The van der Waals surface area contributed by atoms with Crippen LogP contribution in [-0.2, 0) is 19.8 Å². The zero-order valence-corrected chi connectivity index (χ0v) is 11.0. The van der Waals surface area contributed by atoms with Crippen molar-refractivity contribution in [3.05, 3.63) is 0 Å². The fraction of sp³-hybridized carbons (Fsp3) is 0.800. The predicted molar refractivity (Wildman–Crippen MR) is 61.0 cm³/mol. The summed E-state index contributed by atoms with van der Waals surface area (Å²) in [6, 6.07) is 0. The third-order valence-electron chi connectivity index (χ3n) is 2.95. The molecule has 1 heterocycles. The van der Waals surface area contributed by atoms with Crippen LogP contribution >= 0.6 is 0 Å². The Hall–Kier alpha value is -1.18. The predicted octanol–water partition coefficient (Wildman–Crippen LogP) is 0.388. The van der Waals surface area contributed by atoms with Gasteiger partial charge in [-0.2, -0.15) is 8.42 Å². The normalized spacial score (nSPS) is 21.4. The van der Waals surface area contributed by atoms with E-state index < -0.39 is 33.4 Å². The van der Waals surface area contributed by atoms with E-state index in [2.05, 4.69) is 0 Å². The first kappa shape index (κ1) is 14.9. The summed E-state index contributed by atoms with van der Waals surface area (Å²) in [6.07, 6.45) is -0.306. The Bertz CT molecular complexity index is 459. The van der Waals surface area contributed by atoms with Crippen molar-refractivity contribution in [3.8, 4) is 0 Å². The summed E-state index contributed by atoms with van der Waals surface area (Å²) in [6.45, 7) is 3.25. The summed E-state index contributed by atoms with van der Waals surface area (Å²) >= 11 is 0. The largest absolute Gasteiger partial charge is 0.481 e. The molecule has 8 heteroatoms. The molecule has 1 saturated heterocycles. The van der Waals surface area contributed by atoms with Gasteiger partial charge < -0.3 is 10.0 Å². The van der Waals surface area contributed by atoms with Gasteiger partial charge in [0.2, 0.25) is 5.91 Å². The van der Waals surface area contributed by atoms with E-state index >= 15 is 0 Å². The standard InChI is InChI=1S/C10H16FNO5S/c1-10(2,4-9(14)15)12-5-7(3-8(12)13)6-18(11,16)17/h7H,3-6H2,1-2H3,(H,14,15). The van der Waals surface area contributed by atoms with Crippen LogP contribution < -0.4 is 0 Å².